The van der Waals surface area contributed by atoms with Crippen LogP contribution in [0.2, 0.25) is 0 Å². The van der Waals surface area contributed by atoms with Gasteiger partial charge >= 0.3 is 0 Å². The van der Waals surface area contributed by atoms with Gasteiger partial charge in [0.2, 0.25) is 5.91 Å². The molecule has 0 aromatic heterocycles. The molecule has 3 N–H and O–H groups in total. The largest absolute Gasteiger partial charge is 0.381 e. The van der Waals surface area contributed by atoms with E-state index in [-0.39, 0.29) is 5.91 Å². The Morgan fingerprint density at radius 3 is 2.62 bits per heavy atom. The van der Waals surface area contributed by atoms with Gasteiger partial charge in [-0.05, 0) is 44.7 Å². The number of carbonyl (C=O) groups is 1. The van der Waals surface area contributed by atoms with Crippen molar-refractivity contribution in [2.24, 2.45) is 11.7 Å². The number of rotatable bonds is 6. The smallest absolute Gasteiger partial charge is 0.234 e. The van der Waals surface area contributed by atoms with E-state index in [0.29, 0.717) is 24.5 Å². The van der Waals surface area contributed by atoms with E-state index < -0.39 is 0 Å². The molecular formula is C16H31N3O2. The van der Waals surface area contributed by atoms with Gasteiger partial charge in [-0.25, -0.2) is 0 Å². The number of nitrogens with zero attached hydrogens (tertiary/aromatic N) is 1. The lowest BCUT2D eigenvalue weighted by Gasteiger charge is -2.39. The SMILES string of the molecule is CCN(CC(=O)NC1CCOCC1)C1CCCCC1CN. The number of ether oxygens (including phenoxy) is 1. The second-order valence-corrected chi connectivity index (χ2v) is 6.36. The quantitative estimate of drug-likeness (QED) is 0.771. The van der Waals surface area contributed by atoms with Crippen molar-refractivity contribution in [1.29, 1.82) is 0 Å². The minimum absolute atomic E-state index is 0.157. The van der Waals surface area contributed by atoms with E-state index in [2.05, 4.69) is 17.1 Å². The van der Waals surface area contributed by atoms with Gasteiger partial charge in [0.15, 0.2) is 0 Å². The highest BCUT2D eigenvalue weighted by Crippen LogP contribution is 2.27. The molecule has 5 nitrogen and oxygen atoms in total. The number of carbonyl (C=O) groups excluding carboxylic acids is 1. The molecular weight excluding hydrogens is 266 g/mol. The zero-order valence-electron chi connectivity index (χ0n) is 13.4. The van der Waals surface area contributed by atoms with Crippen LogP contribution in [0.25, 0.3) is 0 Å². The fourth-order valence-corrected chi connectivity index (χ4v) is 3.71. The summed E-state index contributed by atoms with van der Waals surface area (Å²) in [6.45, 7) is 5.84. The highest BCUT2D eigenvalue weighted by Gasteiger charge is 2.29. The van der Waals surface area contributed by atoms with E-state index in [1.54, 1.807) is 0 Å². The highest BCUT2D eigenvalue weighted by molar-refractivity contribution is 5.78. The van der Waals surface area contributed by atoms with Crippen LogP contribution in [0.3, 0.4) is 0 Å². The van der Waals surface area contributed by atoms with Crippen molar-refractivity contribution >= 4 is 5.91 Å². The van der Waals surface area contributed by atoms with Gasteiger partial charge in [0, 0.05) is 25.3 Å². The van der Waals surface area contributed by atoms with Crippen LogP contribution in [0.5, 0.6) is 0 Å². The summed E-state index contributed by atoms with van der Waals surface area (Å²) in [5, 5.41) is 3.16. The molecule has 0 bridgehead atoms. The lowest BCUT2D eigenvalue weighted by Crippen LogP contribution is -2.50. The maximum atomic E-state index is 12.3. The van der Waals surface area contributed by atoms with E-state index in [9.17, 15) is 4.79 Å². The average Bonchev–Trinajstić information content (AvgIpc) is 2.53. The minimum Gasteiger partial charge on any atom is -0.381 e. The fraction of sp³-hybridized carbons (Fsp3) is 0.938. The Bertz CT molecular complexity index is 319. The predicted molar refractivity (Wildman–Crippen MR) is 84.0 cm³/mol. The molecule has 2 fully saturated rings. The highest BCUT2D eigenvalue weighted by atomic mass is 16.5. The maximum Gasteiger partial charge on any atom is 0.234 e. The number of amides is 1. The summed E-state index contributed by atoms with van der Waals surface area (Å²) >= 11 is 0. The Hall–Kier alpha value is -0.650. The third-order valence-electron chi connectivity index (χ3n) is 4.98. The standard InChI is InChI=1S/C16H31N3O2/c1-2-19(15-6-4-3-5-13(15)11-17)12-16(20)18-14-7-9-21-10-8-14/h13-15H,2-12,17H2,1H3,(H,18,20). The Labute approximate surface area is 128 Å². The first kappa shape index (κ1) is 16.7. The number of nitrogens with two attached hydrogens (primary N) is 1. The van der Waals surface area contributed by atoms with Gasteiger partial charge in [-0.15, -0.1) is 0 Å². The van der Waals surface area contributed by atoms with Crippen molar-refractivity contribution in [3.05, 3.63) is 0 Å². The second-order valence-electron chi connectivity index (χ2n) is 6.36. The molecule has 2 atom stereocenters. The van der Waals surface area contributed by atoms with Gasteiger partial charge in [-0.3, -0.25) is 9.69 Å². The van der Waals surface area contributed by atoms with Gasteiger partial charge in [-0.2, -0.15) is 0 Å². The molecule has 5 heteroatoms. The van der Waals surface area contributed by atoms with E-state index >= 15 is 0 Å². The molecule has 1 amide bonds. The molecule has 0 aromatic rings. The van der Waals surface area contributed by atoms with Crippen LogP contribution in [0.4, 0.5) is 0 Å². The number of hydrogen-bond donors (Lipinski definition) is 2. The summed E-state index contributed by atoms with van der Waals surface area (Å²) < 4.78 is 5.33. The van der Waals surface area contributed by atoms with Crippen molar-refractivity contribution in [3.8, 4) is 0 Å². The normalized spacial score (nSPS) is 27.8. The molecule has 0 spiro atoms. The van der Waals surface area contributed by atoms with Crippen molar-refractivity contribution in [2.75, 3.05) is 32.8 Å². The molecule has 2 rings (SSSR count). The van der Waals surface area contributed by atoms with Gasteiger partial charge in [0.25, 0.3) is 0 Å². The third-order valence-corrected chi connectivity index (χ3v) is 4.98. The molecule has 122 valence electrons. The zero-order valence-corrected chi connectivity index (χ0v) is 13.4. The predicted octanol–water partition coefficient (Wildman–Crippen LogP) is 1.12. The van der Waals surface area contributed by atoms with Gasteiger partial charge in [-0.1, -0.05) is 19.8 Å². The molecule has 2 unspecified atom stereocenters. The molecule has 1 saturated heterocycles. The number of likely N-dealkylation sites (N-methyl/N-ethyl adjacent to an activating group) is 1. The maximum absolute atomic E-state index is 12.3. The summed E-state index contributed by atoms with van der Waals surface area (Å²) in [5.41, 5.74) is 5.93. The van der Waals surface area contributed by atoms with Gasteiger partial charge < -0.3 is 15.8 Å². The molecule has 1 heterocycles. The lowest BCUT2D eigenvalue weighted by atomic mass is 9.83. The Morgan fingerprint density at radius 1 is 1.24 bits per heavy atom. The topological polar surface area (TPSA) is 67.6 Å². The summed E-state index contributed by atoms with van der Waals surface area (Å²) in [6.07, 6.45) is 6.81. The lowest BCUT2D eigenvalue weighted by molar-refractivity contribution is -0.124. The Balaban J connectivity index is 1.83. The van der Waals surface area contributed by atoms with Gasteiger partial charge in [0.05, 0.1) is 6.54 Å². The Kier molecular flexibility index (Phi) is 6.93. The molecule has 2 aliphatic rings. The number of hydrogen-bond acceptors (Lipinski definition) is 4. The third kappa shape index (κ3) is 4.94. The van der Waals surface area contributed by atoms with E-state index in [1.807, 2.05) is 0 Å². The van der Waals surface area contributed by atoms with Gasteiger partial charge in [0.1, 0.15) is 0 Å². The average molecular weight is 297 g/mol. The molecule has 1 saturated carbocycles. The van der Waals surface area contributed by atoms with Crippen LogP contribution in [0.1, 0.15) is 45.4 Å². The van der Waals surface area contributed by atoms with Crippen molar-refractivity contribution in [3.63, 3.8) is 0 Å². The van der Waals surface area contributed by atoms with Crippen molar-refractivity contribution in [1.82, 2.24) is 10.2 Å². The molecule has 1 aliphatic heterocycles. The van der Waals surface area contributed by atoms with E-state index in [0.717, 1.165) is 39.1 Å². The summed E-state index contributed by atoms with van der Waals surface area (Å²) in [7, 11) is 0. The summed E-state index contributed by atoms with van der Waals surface area (Å²) in [5.74, 6) is 0.708. The first-order chi connectivity index (χ1) is 10.2. The minimum atomic E-state index is 0.157. The second kappa shape index (κ2) is 8.71. The molecule has 0 aromatic carbocycles. The van der Waals surface area contributed by atoms with Crippen molar-refractivity contribution in [2.45, 2.75) is 57.5 Å². The van der Waals surface area contributed by atoms with Crippen LogP contribution in [-0.2, 0) is 9.53 Å². The summed E-state index contributed by atoms with van der Waals surface area (Å²) in [4.78, 5) is 14.6. The van der Waals surface area contributed by atoms with Crippen LogP contribution < -0.4 is 11.1 Å². The van der Waals surface area contributed by atoms with Crippen LogP contribution in [-0.4, -0.2) is 55.7 Å². The fourth-order valence-electron chi connectivity index (χ4n) is 3.71. The first-order valence-corrected chi connectivity index (χ1v) is 8.55. The van der Waals surface area contributed by atoms with Crippen LogP contribution in [0.15, 0.2) is 0 Å². The number of nitrogens with one attached hydrogen (secondary N) is 1. The van der Waals surface area contributed by atoms with E-state index in [4.69, 9.17) is 10.5 Å². The Morgan fingerprint density at radius 2 is 1.95 bits per heavy atom. The van der Waals surface area contributed by atoms with Crippen LogP contribution in [0, 0.1) is 5.92 Å². The first-order valence-electron chi connectivity index (χ1n) is 8.55. The molecule has 1 aliphatic carbocycles. The molecule has 21 heavy (non-hydrogen) atoms. The van der Waals surface area contributed by atoms with Crippen molar-refractivity contribution < 1.29 is 9.53 Å². The molecule has 0 radical (unpaired) electrons. The van der Waals surface area contributed by atoms with E-state index in [1.165, 1.54) is 25.7 Å². The zero-order chi connectivity index (χ0) is 15.1. The monoisotopic (exact) mass is 297 g/mol. The van der Waals surface area contributed by atoms with Crippen LogP contribution >= 0.6 is 0 Å². The summed E-state index contributed by atoms with van der Waals surface area (Å²) in [6, 6.07) is 0.774.